The fourth-order valence-corrected chi connectivity index (χ4v) is 4.31. The molecular weight excluding hydrogens is 438 g/mol. The van der Waals surface area contributed by atoms with Gasteiger partial charge in [0.2, 0.25) is 15.2 Å². The third-order valence-corrected chi connectivity index (χ3v) is 6.48. The molecule has 0 saturated heterocycles. The number of carboxylic acids is 1. The molecule has 158 valence electrons. The van der Waals surface area contributed by atoms with E-state index in [0.717, 1.165) is 22.5 Å². The van der Waals surface area contributed by atoms with E-state index in [0.29, 0.717) is 28.6 Å². The molecule has 0 atom stereocenters. The van der Waals surface area contributed by atoms with Crippen LogP contribution in [0.3, 0.4) is 0 Å². The van der Waals surface area contributed by atoms with Crippen LogP contribution < -0.4 is 10.9 Å². The van der Waals surface area contributed by atoms with Crippen LogP contribution in [0.2, 0.25) is 0 Å². The summed E-state index contributed by atoms with van der Waals surface area (Å²) in [7, 11) is -3.78. The molecule has 0 aliphatic heterocycles. The minimum absolute atomic E-state index is 0.0205. The summed E-state index contributed by atoms with van der Waals surface area (Å²) in [5.74, 6) is -0.756. The zero-order valence-corrected chi connectivity index (χ0v) is 17.6. The van der Waals surface area contributed by atoms with Gasteiger partial charge in [-0.1, -0.05) is 53.8 Å². The molecule has 0 aliphatic carbocycles. The molecule has 31 heavy (non-hydrogen) atoms. The molecule has 0 unspecified atom stereocenters. The van der Waals surface area contributed by atoms with Crippen LogP contribution in [0.5, 0.6) is 0 Å². The number of aromatic nitrogens is 3. The first-order valence-electron chi connectivity index (χ1n) is 8.98. The summed E-state index contributed by atoms with van der Waals surface area (Å²) in [6.45, 7) is 0. The molecule has 0 fully saturated rings. The highest BCUT2D eigenvalue weighted by Gasteiger charge is 2.21. The van der Waals surface area contributed by atoms with E-state index < -0.39 is 16.0 Å². The molecule has 2 aromatic heterocycles. The Bertz CT molecular complexity index is 1360. The van der Waals surface area contributed by atoms with Gasteiger partial charge in [0, 0.05) is 17.5 Å². The maximum Gasteiger partial charge on any atom is 0.347 e. The van der Waals surface area contributed by atoms with Crippen molar-refractivity contribution in [2.45, 2.75) is 11.3 Å². The smallest absolute Gasteiger partial charge is 0.347 e. The van der Waals surface area contributed by atoms with E-state index in [1.807, 2.05) is 30.3 Å². The van der Waals surface area contributed by atoms with Crippen molar-refractivity contribution >= 4 is 33.1 Å². The summed E-state index contributed by atoms with van der Waals surface area (Å²) < 4.78 is 24.4. The van der Waals surface area contributed by atoms with Gasteiger partial charge in [0.25, 0.3) is 0 Å². The third kappa shape index (κ3) is 4.19. The van der Waals surface area contributed by atoms with Crippen molar-refractivity contribution in [2.24, 2.45) is 5.14 Å². The predicted octanol–water partition coefficient (Wildman–Crippen LogP) is 2.51. The van der Waals surface area contributed by atoms with Gasteiger partial charge in [0.15, 0.2) is 0 Å². The first-order valence-corrected chi connectivity index (χ1v) is 11.3. The van der Waals surface area contributed by atoms with Gasteiger partial charge in [-0.3, -0.25) is 0 Å². The molecule has 9 nitrogen and oxygen atoms in total. The molecule has 0 amide bonds. The molecule has 0 radical (unpaired) electrons. The molecule has 5 N–H and O–H groups in total. The van der Waals surface area contributed by atoms with Crippen LogP contribution in [0.25, 0.3) is 16.4 Å². The summed E-state index contributed by atoms with van der Waals surface area (Å²) in [6, 6.07) is 15.6. The lowest BCUT2D eigenvalue weighted by Gasteiger charge is -2.06. The average molecular weight is 456 g/mol. The van der Waals surface area contributed by atoms with Crippen LogP contribution in [0, 0.1) is 0 Å². The van der Waals surface area contributed by atoms with Crippen LogP contribution in [-0.4, -0.2) is 34.3 Å². The van der Waals surface area contributed by atoms with Crippen LogP contribution in [0.1, 0.15) is 20.8 Å². The standard InChI is InChI=1S/C20H17N5O4S2/c21-18-15(10-12-6-8-14(9-7-12)31(22,28)29)17(13-4-2-1-3-5-13)24-25(18)20-23-11-16(30-20)19(26)27/h1-9,11H,10,21H2,(H,26,27)(H2,22,28,29). The van der Waals surface area contributed by atoms with E-state index in [4.69, 9.17) is 10.9 Å². The number of nitrogens with zero attached hydrogens (tertiary/aromatic N) is 3. The maximum absolute atomic E-state index is 11.5. The summed E-state index contributed by atoms with van der Waals surface area (Å²) >= 11 is 0.966. The molecule has 4 aromatic rings. The number of carboxylic acid groups (broad SMARTS) is 1. The Labute approximate surface area is 181 Å². The number of hydrogen-bond acceptors (Lipinski definition) is 7. The highest BCUT2D eigenvalue weighted by atomic mass is 32.2. The van der Waals surface area contributed by atoms with Gasteiger partial charge in [-0.2, -0.15) is 9.78 Å². The van der Waals surface area contributed by atoms with Gasteiger partial charge in [-0.15, -0.1) is 0 Å². The Morgan fingerprint density at radius 2 is 1.77 bits per heavy atom. The van der Waals surface area contributed by atoms with Gasteiger partial charge in [0.05, 0.1) is 16.8 Å². The van der Waals surface area contributed by atoms with Crippen molar-refractivity contribution in [3.63, 3.8) is 0 Å². The topological polar surface area (TPSA) is 154 Å². The van der Waals surface area contributed by atoms with Crippen LogP contribution in [0.15, 0.2) is 65.7 Å². The lowest BCUT2D eigenvalue weighted by molar-refractivity contribution is 0.0702. The number of anilines is 1. The maximum atomic E-state index is 11.5. The first kappa shape index (κ1) is 20.7. The van der Waals surface area contributed by atoms with E-state index >= 15 is 0 Å². The predicted molar refractivity (Wildman–Crippen MR) is 117 cm³/mol. The van der Waals surface area contributed by atoms with E-state index in [1.165, 1.54) is 23.0 Å². The summed E-state index contributed by atoms with van der Waals surface area (Å²) in [5.41, 5.74) is 9.38. The molecule has 0 spiro atoms. The van der Waals surface area contributed by atoms with Gasteiger partial charge < -0.3 is 10.8 Å². The Morgan fingerprint density at radius 1 is 1.10 bits per heavy atom. The second-order valence-corrected chi connectivity index (χ2v) is 9.24. The lowest BCUT2D eigenvalue weighted by atomic mass is 10.0. The number of sulfonamides is 1. The number of carbonyl (C=O) groups is 1. The Morgan fingerprint density at radius 3 is 2.35 bits per heavy atom. The minimum atomic E-state index is -3.78. The number of primary sulfonamides is 1. The van der Waals surface area contributed by atoms with Crippen molar-refractivity contribution in [3.8, 4) is 16.4 Å². The Kier molecular flexibility index (Phi) is 5.31. The van der Waals surface area contributed by atoms with E-state index in [9.17, 15) is 18.3 Å². The summed E-state index contributed by atoms with van der Waals surface area (Å²) in [6.07, 6.45) is 1.63. The summed E-state index contributed by atoms with van der Waals surface area (Å²) in [5, 5.41) is 19.3. The summed E-state index contributed by atoms with van der Waals surface area (Å²) in [4.78, 5) is 15.5. The molecule has 11 heteroatoms. The Hall–Kier alpha value is -3.54. The quantitative estimate of drug-likeness (QED) is 0.403. The molecule has 0 bridgehead atoms. The van der Waals surface area contributed by atoms with E-state index in [2.05, 4.69) is 10.1 Å². The van der Waals surface area contributed by atoms with Gasteiger partial charge >= 0.3 is 5.97 Å². The zero-order chi connectivity index (χ0) is 22.2. The van der Waals surface area contributed by atoms with Gasteiger partial charge in [0.1, 0.15) is 10.7 Å². The number of thiazole rings is 1. The second-order valence-electron chi connectivity index (χ2n) is 6.67. The number of benzene rings is 2. The molecule has 0 saturated carbocycles. The monoisotopic (exact) mass is 455 g/mol. The SMILES string of the molecule is Nc1c(Cc2ccc(S(N)(=O)=O)cc2)c(-c2ccccc2)nn1-c1ncc(C(=O)O)s1. The van der Waals surface area contributed by atoms with Crippen LogP contribution in [-0.2, 0) is 16.4 Å². The van der Waals surface area contributed by atoms with Crippen molar-refractivity contribution in [1.82, 2.24) is 14.8 Å². The van der Waals surface area contributed by atoms with Crippen LogP contribution in [0.4, 0.5) is 5.82 Å². The molecular formula is C20H17N5O4S2. The molecule has 4 rings (SSSR count). The zero-order valence-electron chi connectivity index (χ0n) is 16.0. The fraction of sp³-hybridized carbons (Fsp3) is 0.0500. The number of nitrogens with two attached hydrogens (primary N) is 2. The molecule has 2 heterocycles. The largest absolute Gasteiger partial charge is 0.477 e. The molecule has 0 aliphatic rings. The third-order valence-electron chi connectivity index (χ3n) is 4.59. The van der Waals surface area contributed by atoms with Crippen molar-refractivity contribution in [3.05, 3.63) is 76.8 Å². The first-order chi connectivity index (χ1) is 14.7. The number of rotatable bonds is 6. The Balaban J connectivity index is 1.80. The lowest BCUT2D eigenvalue weighted by Crippen LogP contribution is -2.11. The normalized spacial score (nSPS) is 11.5. The van der Waals surface area contributed by atoms with Gasteiger partial charge in [-0.25, -0.2) is 23.3 Å². The number of aromatic carboxylic acids is 1. The minimum Gasteiger partial charge on any atom is -0.477 e. The van der Waals surface area contributed by atoms with E-state index in [-0.39, 0.29) is 9.77 Å². The number of nitrogen functional groups attached to an aromatic ring is 1. The number of hydrogen-bond donors (Lipinski definition) is 3. The highest BCUT2D eigenvalue weighted by molar-refractivity contribution is 7.89. The van der Waals surface area contributed by atoms with E-state index in [1.54, 1.807) is 12.1 Å². The van der Waals surface area contributed by atoms with Crippen molar-refractivity contribution in [2.75, 3.05) is 5.73 Å². The van der Waals surface area contributed by atoms with Crippen molar-refractivity contribution in [1.29, 1.82) is 0 Å². The molecule has 2 aromatic carbocycles. The van der Waals surface area contributed by atoms with Crippen LogP contribution >= 0.6 is 11.3 Å². The fourth-order valence-electron chi connectivity index (χ4n) is 3.07. The van der Waals surface area contributed by atoms with Crippen molar-refractivity contribution < 1.29 is 18.3 Å². The van der Waals surface area contributed by atoms with Gasteiger partial charge in [-0.05, 0) is 17.7 Å². The second kappa shape index (κ2) is 7.95. The highest BCUT2D eigenvalue weighted by Crippen LogP contribution is 2.32. The average Bonchev–Trinajstić information content (AvgIpc) is 3.34.